The van der Waals surface area contributed by atoms with Crippen LogP contribution in [0, 0.1) is 40.7 Å². The van der Waals surface area contributed by atoms with Crippen molar-refractivity contribution in [3.05, 3.63) is 58.4 Å². The molecular weight excluding hydrogens is 488 g/mol. The van der Waals surface area contributed by atoms with Gasteiger partial charge in [-0.25, -0.2) is 27.3 Å². The summed E-state index contributed by atoms with van der Waals surface area (Å²) < 4.78 is 63.3. The van der Waals surface area contributed by atoms with Crippen molar-refractivity contribution in [3.8, 4) is 11.5 Å². The molecule has 0 amide bonds. The van der Waals surface area contributed by atoms with E-state index in [9.17, 15) is 22.4 Å². The first-order valence-corrected chi connectivity index (χ1v) is 15.1. The Morgan fingerprint density at radius 2 is 1.58 bits per heavy atom. The zero-order valence-corrected chi connectivity index (χ0v) is 22.9. The van der Waals surface area contributed by atoms with Gasteiger partial charge in [-0.2, -0.15) is 0 Å². The quantitative estimate of drug-likeness (QED) is 0.105. The summed E-state index contributed by atoms with van der Waals surface area (Å²) >= 11 is 0. The number of aromatic nitrogens is 1. The SMILES string of the molecule is CC(C)C(=Nc1ccc(C(C)(C)C)nc1)C(=O)OCc1c(F)c(F)c(CC#C[Si](C)(C)C)c(F)c1F. The van der Waals surface area contributed by atoms with Crippen LogP contribution in [0.25, 0.3) is 0 Å². The molecule has 0 aliphatic rings. The van der Waals surface area contributed by atoms with Crippen LogP contribution in [0.2, 0.25) is 19.6 Å². The summed E-state index contributed by atoms with van der Waals surface area (Å²) in [4.78, 5) is 21.3. The smallest absolute Gasteiger partial charge is 0.353 e. The highest BCUT2D eigenvalue weighted by Gasteiger charge is 2.27. The minimum atomic E-state index is -1.84. The lowest BCUT2D eigenvalue weighted by Gasteiger charge is -2.17. The lowest BCUT2D eigenvalue weighted by molar-refractivity contribution is -0.137. The number of ether oxygens (including phenoxy) is 1. The fraction of sp³-hybridized carbons (Fsp3) is 0.444. The minimum absolute atomic E-state index is 0.0275. The largest absolute Gasteiger partial charge is 0.456 e. The first-order chi connectivity index (χ1) is 16.5. The molecule has 0 aliphatic heterocycles. The van der Waals surface area contributed by atoms with Crippen molar-refractivity contribution in [2.45, 2.75) is 72.7 Å². The van der Waals surface area contributed by atoms with Crippen LogP contribution in [0.4, 0.5) is 23.2 Å². The molecule has 1 heterocycles. The van der Waals surface area contributed by atoms with Crippen LogP contribution in [-0.2, 0) is 28.0 Å². The van der Waals surface area contributed by atoms with Crippen LogP contribution in [0.5, 0.6) is 0 Å². The number of esters is 1. The fourth-order valence-electron chi connectivity index (χ4n) is 3.06. The monoisotopic (exact) mass is 520 g/mol. The maximum absolute atomic E-state index is 14.6. The van der Waals surface area contributed by atoms with E-state index in [1.807, 2.05) is 40.4 Å². The third-order valence-electron chi connectivity index (χ3n) is 5.04. The predicted octanol–water partition coefficient (Wildman–Crippen LogP) is 6.83. The molecule has 2 rings (SSSR count). The Kier molecular flexibility index (Phi) is 9.24. The highest BCUT2D eigenvalue weighted by molar-refractivity contribution is 6.83. The van der Waals surface area contributed by atoms with Crippen LogP contribution in [0.1, 0.15) is 51.4 Å². The van der Waals surface area contributed by atoms with Gasteiger partial charge in [0.1, 0.15) is 20.4 Å². The van der Waals surface area contributed by atoms with Crippen molar-refractivity contribution in [1.82, 2.24) is 4.98 Å². The standard InChI is InChI=1S/C27H32F4N2O2Si/c1-16(2)25(33-17-11-12-20(32-14-17)27(3,4)5)26(34)35-15-19-23(30)21(28)18(22(29)24(19)31)10-9-13-36(6,7)8/h11-12,14,16H,10,15H2,1-8H3. The Balaban J connectivity index is 2.28. The third-order valence-corrected chi connectivity index (χ3v) is 5.97. The van der Waals surface area contributed by atoms with Crippen molar-refractivity contribution in [2.75, 3.05) is 0 Å². The molecule has 0 radical (unpaired) electrons. The zero-order chi connectivity index (χ0) is 27.4. The number of carbonyl (C=O) groups is 1. The lowest BCUT2D eigenvalue weighted by atomic mass is 9.92. The van der Waals surface area contributed by atoms with E-state index in [2.05, 4.69) is 21.4 Å². The van der Waals surface area contributed by atoms with E-state index >= 15 is 0 Å². The summed E-state index contributed by atoms with van der Waals surface area (Å²) in [7, 11) is -1.84. The molecule has 0 saturated heterocycles. The van der Waals surface area contributed by atoms with Crippen LogP contribution in [0.3, 0.4) is 0 Å². The van der Waals surface area contributed by atoms with Crippen molar-refractivity contribution < 1.29 is 27.1 Å². The maximum Gasteiger partial charge on any atom is 0.353 e. The molecule has 0 spiro atoms. The summed E-state index contributed by atoms with van der Waals surface area (Å²) in [5.74, 6) is -5.09. The molecule has 36 heavy (non-hydrogen) atoms. The second-order valence-corrected chi connectivity index (χ2v) is 15.6. The topological polar surface area (TPSA) is 51.5 Å². The summed E-state index contributed by atoms with van der Waals surface area (Å²) in [5.41, 5.74) is 2.12. The van der Waals surface area contributed by atoms with E-state index in [-0.39, 0.29) is 11.1 Å². The number of hydrogen-bond donors (Lipinski definition) is 0. The molecule has 9 heteroatoms. The third kappa shape index (κ3) is 7.50. The van der Waals surface area contributed by atoms with Gasteiger partial charge in [-0.1, -0.05) is 54.3 Å². The summed E-state index contributed by atoms with van der Waals surface area (Å²) in [5, 5.41) is 0. The van der Waals surface area contributed by atoms with Gasteiger partial charge in [-0.3, -0.25) is 4.98 Å². The molecule has 194 valence electrons. The van der Waals surface area contributed by atoms with Gasteiger partial charge < -0.3 is 4.74 Å². The van der Waals surface area contributed by atoms with E-state index < -0.39 is 67.4 Å². The summed E-state index contributed by atoms with van der Waals surface area (Å²) in [6.07, 6.45) is 1.03. The molecule has 2 aromatic rings. The Morgan fingerprint density at radius 1 is 1.03 bits per heavy atom. The number of hydrogen-bond acceptors (Lipinski definition) is 4. The summed E-state index contributed by atoms with van der Waals surface area (Å²) in [6.45, 7) is 14.2. The molecule has 0 fully saturated rings. The first kappa shape index (κ1) is 29.2. The highest BCUT2D eigenvalue weighted by Crippen LogP contribution is 2.26. The number of benzene rings is 1. The van der Waals surface area contributed by atoms with E-state index in [4.69, 9.17) is 4.74 Å². The molecule has 0 unspecified atom stereocenters. The molecule has 0 aliphatic carbocycles. The van der Waals surface area contributed by atoms with E-state index in [0.29, 0.717) is 5.69 Å². The van der Waals surface area contributed by atoms with Crippen LogP contribution >= 0.6 is 0 Å². The van der Waals surface area contributed by atoms with Crippen molar-refractivity contribution >= 4 is 25.4 Å². The molecule has 1 aromatic heterocycles. The van der Waals surface area contributed by atoms with Gasteiger partial charge in [0.2, 0.25) is 0 Å². The molecule has 1 aromatic carbocycles. The molecular formula is C27H32F4N2O2Si. The fourth-order valence-corrected chi connectivity index (χ4v) is 3.68. The van der Waals surface area contributed by atoms with Crippen LogP contribution in [-0.4, -0.2) is 24.7 Å². The molecule has 4 nitrogen and oxygen atoms in total. The van der Waals surface area contributed by atoms with Gasteiger partial charge in [0.05, 0.1) is 17.4 Å². The van der Waals surface area contributed by atoms with Crippen molar-refractivity contribution in [1.29, 1.82) is 0 Å². The molecule has 0 atom stereocenters. The molecule has 0 bridgehead atoms. The Hall–Kier alpha value is -2.99. The van der Waals surface area contributed by atoms with Gasteiger partial charge in [-0.15, -0.1) is 11.5 Å². The van der Waals surface area contributed by atoms with Crippen molar-refractivity contribution in [2.24, 2.45) is 10.9 Å². The van der Waals surface area contributed by atoms with Gasteiger partial charge >= 0.3 is 5.97 Å². The van der Waals surface area contributed by atoms with Crippen LogP contribution in [0.15, 0.2) is 23.3 Å². The van der Waals surface area contributed by atoms with Gasteiger partial charge in [0.25, 0.3) is 0 Å². The number of halogens is 4. The molecule has 0 N–H and O–H groups in total. The van der Waals surface area contributed by atoms with E-state index in [1.54, 1.807) is 26.0 Å². The first-order valence-electron chi connectivity index (χ1n) is 11.6. The number of pyridine rings is 1. The zero-order valence-electron chi connectivity index (χ0n) is 21.9. The highest BCUT2D eigenvalue weighted by atomic mass is 28.3. The Bertz CT molecular complexity index is 1190. The minimum Gasteiger partial charge on any atom is -0.456 e. The van der Waals surface area contributed by atoms with E-state index in [1.165, 1.54) is 6.20 Å². The lowest BCUT2D eigenvalue weighted by Crippen LogP contribution is -2.23. The van der Waals surface area contributed by atoms with Gasteiger partial charge in [0.15, 0.2) is 23.3 Å². The molecule has 0 saturated carbocycles. The Labute approximate surface area is 211 Å². The number of aliphatic imine (C=N–C) groups is 1. The van der Waals surface area contributed by atoms with Gasteiger partial charge in [-0.05, 0) is 12.1 Å². The number of carbonyl (C=O) groups excluding carboxylic acids is 1. The van der Waals surface area contributed by atoms with Gasteiger partial charge in [0, 0.05) is 29.0 Å². The average Bonchev–Trinajstić information content (AvgIpc) is 2.77. The van der Waals surface area contributed by atoms with E-state index in [0.717, 1.165) is 5.69 Å². The second-order valence-electron chi connectivity index (χ2n) is 10.8. The predicted molar refractivity (Wildman–Crippen MR) is 136 cm³/mol. The number of rotatable bonds is 6. The average molecular weight is 521 g/mol. The normalized spacial score (nSPS) is 12.4. The number of nitrogens with zero attached hydrogens (tertiary/aromatic N) is 2. The van der Waals surface area contributed by atoms with Crippen LogP contribution < -0.4 is 0 Å². The van der Waals surface area contributed by atoms with Crippen molar-refractivity contribution in [3.63, 3.8) is 0 Å². The Morgan fingerprint density at radius 3 is 2.03 bits per heavy atom. The second kappa shape index (κ2) is 11.4. The summed E-state index contributed by atoms with van der Waals surface area (Å²) in [6, 6.07) is 3.48. The maximum atomic E-state index is 14.6.